The second kappa shape index (κ2) is 5.58. The molecular formula is C19H29NO3S. The maximum Gasteiger partial charge on any atom is 0.254 e. The second-order valence-corrected chi connectivity index (χ2v) is 11.2. The van der Waals surface area contributed by atoms with E-state index in [2.05, 4.69) is 20.8 Å². The van der Waals surface area contributed by atoms with E-state index in [0.29, 0.717) is 5.56 Å². The van der Waals surface area contributed by atoms with Crippen molar-refractivity contribution < 1.29 is 13.2 Å². The highest BCUT2D eigenvalue weighted by atomic mass is 32.2. The molecule has 0 saturated carbocycles. The van der Waals surface area contributed by atoms with Crippen LogP contribution in [-0.2, 0) is 15.3 Å². The summed E-state index contributed by atoms with van der Waals surface area (Å²) in [5.41, 5.74) is 0.322. The Hall–Kier alpha value is -1.36. The van der Waals surface area contributed by atoms with Gasteiger partial charge in [-0.05, 0) is 50.8 Å². The normalized spacial score (nSPS) is 22.2. The van der Waals surface area contributed by atoms with Crippen molar-refractivity contribution in [3.05, 3.63) is 35.4 Å². The lowest BCUT2D eigenvalue weighted by atomic mass is 9.86. The molecule has 0 aromatic heterocycles. The molecule has 1 aliphatic heterocycles. The molecule has 0 bridgehead atoms. The summed E-state index contributed by atoms with van der Waals surface area (Å²) in [7, 11) is -3.17. The summed E-state index contributed by atoms with van der Waals surface area (Å²) in [6.45, 7) is 13.7. The van der Waals surface area contributed by atoms with E-state index < -0.39 is 20.9 Å². The Labute approximate surface area is 146 Å². The molecular weight excluding hydrogens is 322 g/mol. The first-order chi connectivity index (χ1) is 10.7. The maximum atomic E-state index is 13.1. The van der Waals surface area contributed by atoms with Crippen LogP contribution in [0.15, 0.2) is 24.3 Å². The average molecular weight is 352 g/mol. The van der Waals surface area contributed by atoms with Crippen LogP contribution in [0, 0.1) is 0 Å². The van der Waals surface area contributed by atoms with Gasteiger partial charge in [0.2, 0.25) is 0 Å². The quantitative estimate of drug-likeness (QED) is 0.779. The lowest BCUT2D eigenvalue weighted by Gasteiger charge is -2.52. The third-order valence-corrected chi connectivity index (χ3v) is 6.85. The number of hydrogen-bond donors (Lipinski definition) is 0. The van der Waals surface area contributed by atoms with Crippen molar-refractivity contribution in [2.75, 3.05) is 11.5 Å². The molecule has 1 aromatic carbocycles. The molecule has 1 saturated heterocycles. The molecule has 1 fully saturated rings. The van der Waals surface area contributed by atoms with Crippen molar-refractivity contribution in [2.24, 2.45) is 0 Å². The third-order valence-electron chi connectivity index (χ3n) is 4.56. The van der Waals surface area contributed by atoms with Gasteiger partial charge in [-0.2, -0.15) is 0 Å². The van der Waals surface area contributed by atoms with Gasteiger partial charge < -0.3 is 4.90 Å². The van der Waals surface area contributed by atoms with Gasteiger partial charge in [-0.25, -0.2) is 8.42 Å². The molecule has 24 heavy (non-hydrogen) atoms. The molecule has 0 radical (unpaired) electrons. The molecule has 0 aliphatic carbocycles. The number of nitrogens with zero attached hydrogens (tertiary/aromatic N) is 1. The minimum absolute atomic E-state index is 0.00472. The van der Waals surface area contributed by atoms with Gasteiger partial charge in [0.25, 0.3) is 5.91 Å². The number of rotatable bonds is 1. The number of sulfone groups is 1. The first kappa shape index (κ1) is 19.0. The van der Waals surface area contributed by atoms with Gasteiger partial charge in [-0.15, -0.1) is 0 Å². The highest BCUT2D eigenvalue weighted by molar-refractivity contribution is 7.91. The van der Waals surface area contributed by atoms with Crippen LogP contribution in [-0.4, -0.2) is 41.8 Å². The fraction of sp³-hybridized carbons (Fsp3) is 0.632. The van der Waals surface area contributed by atoms with E-state index in [1.165, 1.54) is 5.56 Å². The van der Waals surface area contributed by atoms with Crippen LogP contribution in [0.25, 0.3) is 0 Å². The Balaban J connectivity index is 2.41. The van der Waals surface area contributed by atoms with E-state index in [1.54, 1.807) is 4.90 Å². The Bertz CT molecular complexity index is 714. The standard InChI is InChI=1S/C19H29NO3S/c1-17(2,3)15-10-8-14(9-11-15)16(21)20-18(4,5)12-24(22,23)13-19(20,6)7/h8-11H,12-13H2,1-7H3. The monoisotopic (exact) mass is 351 g/mol. The second-order valence-electron chi connectivity index (χ2n) is 9.13. The van der Waals surface area contributed by atoms with E-state index in [1.807, 2.05) is 52.0 Å². The molecule has 0 N–H and O–H groups in total. The third kappa shape index (κ3) is 3.66. The Morgan fingerprint density at radius 3 is 1.75 bits per heavy atom. The number of hydrogen-bond acceptors (Lipinski definition) is 3. The molecule has 1 amide bonds. The predicted octanol–water partition coefficient (Wildman–Crippen LogP) is 3.41. The molecule has 2 rings (SSSR count). The Morgan fingerprint density at radius 1 is 0.958 bits per heavy atom. The summed E-state index contributed by atoms with van der Waals surface area (Å²) in [4.78, 5) is 14.9. The molecule has 134 valence electrons. The first-order valence-electron chi connectivity index (χ1n) is 8.31. The molecule has 4 nitrogen and oxygen atoms in total. The summed E-state index contributed by atoms with van der Waals surface area (Å²) in [5, 5.41) is 0. The van der Waals surface area contributed by atoms with E-state index in [9.17, 15) is 13.2 Å². The zero-order chi connectivity index (χ0) is 18.6. The van der Waals surface area contributed by atoms with Crippen LogP contribution in [0.5, 0.6) is 0 Å². The number of carbonyl (C=O) groups is 1. The van der Waals surface area contributed by atoms with Gasteiger partial charge in [0.15, 0.2) is 9.84 Å². The summed E-state index contributed by atoms with van der Waals surface area (Å²) < 4.78 is 24.4. The van der Waals surface area contributed by atoms with E-state index >= 15 is 0 Å². The van der Waals surface area contributed by atoms with Crippen LogP contribution < -0.4 is 0 Å². The summed E-state index contributed by atoms with van der Waals surface area (Å²) >= 11 is 0. The van der Waals surface area contributed by atoms with Crippen molar-refractivity contribution >= 4 is 15.7 Å². The van der Waals surface area contributed by atoms with E-state index in [0.717, 1.165) is 0 Å². The summed E-state index contributed by atoms with van der Waals surface area (Å²) in [6, 6.07) is 7.65. The van der Waals surface area contributed by atoms with Crippen LogP contribution in [0.2, 0.25) is 0 Å². The fourth-order valence-electron chi connectivity index (χ4n) is 3.87. The highest BCUT2D eigenvalue weighted by Gasteiger charge is 2.50. The minimum Gasteiger partial charge on any atom is -0.326 e. The van der Waals surface area contributed by atoms with Gasteiger partial charge in [0, 0.05) is 5.56 Å². The summed E-state index contributed by atoms with van der Waals surface area (Å²) in [5.74, 6) is -0.120. The fourth-order valence-corrected chi connectivity index (χ4v) is 6.38. The molecule has 5 heteroatoms. The number of benzene rings is 1. The van der Waals surface area contributed by atoms with Crippen LogP contribution in [0.4, 0.5) is 0 Å². The molecule has 0 spiro atoms. The van der Waals surface area contributed by atoms with Crippen molar-refractivity contribution in [3.8, 4) is 0 Å². The SMILES string of the molecule is CC(C)(C)c1ccc(C(=O)N2C(C)(C)CS(=O)(=O)CC2(C)C)cc1. The van der Waals surface area contributed by atoms with Gasteiger partial charge in [0.05, 0.1) is 22.6 Å². The molecule has 1 aromatic rings. The first-order valence-corrected chi connectivity index (χ1v) is 10.1. The van der Waals surface area contributed by atoms with Gasteiger partial charge >= 0.3 is 0 Å². The van der Waals surface area contributed by atoms with Crippen LogP contribution in [0.3, 0.4) is 0 Å². The summed E-state index contributed by atoms with van der Waals surface area (Å²) in [6.07, 6.45) is 0. The van der Waals surface area contributed by atoms with Gasteiger partial charge in [-0.3, -0.25) is 4.79 Å². The van der Waals surface area contributed by atoms with Gasteiger partial charge in [0.1, 0.15) is 0 Å². The molecule has 1 heterocycles. The molecule has 0 unspecified atom stereocenters. The molecule has 0 atom stereocenters. The smallest absolute Gasteiger partial charge is 0.254 e. The van der Waals surface area contributed by atoms with E-state index in [4.69, 9.17) is 0 Å². The topological polar surface area (TPSA) is 54.5 Å². The van der Waals surface area contributed by atoms with Crippen molar-refractivity contribution in [3.63, 3.8) is 0 Å². The minimum atomic E-state index is -3.17. The van der Waals surface area contributed by atoms with E-state index in [-0.39, 0.29) is 22.8 Å². The van der Waals surface area contributed by atoms with Gasteiger partial charge in [-0.1, -0.05) is 32.9 Å². The van der Waals surface area contributed by atoms with Crippen molar-refractivity contribution in [1.82, 2.24) is 4.90 Å². The lowest BCUT2D eigenvalue weighted by molar-refractivity contribution is 0.0249. The highest BCUT2D eigenvalue weighted by Crippen LogP contribution is 2.35. The maximum absolute atomic E-state index is 13.1. The lowest BCUT2D eigenvalue weighted by Crippen LogP contribution is -2.67. The van der Waals surface area contributed by atoms with Crippen LogP contribution in [0.1, 0.15) is 64.4 Å². The zero-order valence-electron chi connectivity index (χ0n) is 15.8. The zero-order valence-corrected chi connectivity index (χ0v) is 16.6. The number of amides is 1. The van der Waals surface area contributed by atoms with Crippen LogP contribution >= 0.6 is 0 Å². The Morgan fingerprint density at radius 2 is 1.38 bits per heavy atom. The average Bonchev–Trinajstić information content (AvgIpc) is 2.32. The van der Waals surface area contributed by atoms with Crippen molar-refractivity contribution in [2.45, 2.75) is 65.0 Å². The molecule has 1 aliphatic rings. The van der Waals surface area contributed by atoms with Crippen molar-refractivity contribution in [1.29, 1.82) is 0 Å². The predicted molar refractivity (Wildman–Crippen MR) is 98.1 cm³/mol. The Kier molecular flexibility index (Phi) is 4.41. The number of carbonyl (C=O) groups excluding carboxylic acids is 1. The largest absolute Gasteiger partial charge is 0.326 e.